The maximum absolute atomic E-state index is 6.13. The van der Waals surface area contributed by atoms with E-state index in [9.17, 15) is 0 Å². The summed E-state index contributed by atoms with van der Waals surface area (Å²) in [5.74, 6) is 4.55. The molecule has 1 unspecified atom stereocenters. The second-order valence-electron chi connectivity index (χ2n) is 15.3. The van der Waals surface area contributed by atoms with Gasteiger partial charge in [-0.3, -0.25) is 9.88 Å². The second-order valence-corrected chi connectivity index (χ2v) is 15.3. The first kappa shape index (κ1) is 37.3. The van der Waals surface area contributed by atoms with E-state index in [1.165, 1.54) is 28.9 Å². The molecule has 0 amide bonds. The molecule has 11 nitrogen and oxygen atoms in total. The molecule has 0 saturated carbocycles. The van der Waals surface area contributed by atoms with E-state index in [1.807, 2.05) is 73.7 Å². The predicted molar refractivity (Wildman–Crippen MR) is 219 cm³/mol. The number of pyridine rings is 2. The zero-order chi connectivity index (χ0) is 38.3. The predicted octanol–water partition coefficient (Wildman–Crippen LogP) is 7.99. The van der Waals surface area contributed by atoms with Crippen LogP contribution in [-0.4, -0.2) is 74.4 Å². The van der Waals surface area contributed by atoms with Crippen LogP contribution >= 0.6 is 0 Å². The summed E-state index contributed by atoms with van der Waals surface area (Å²) in [7, 11) is 2.09. The SMILES string of the molecule is CC1CCN(c2ccccc2CN(C)Cc2nnc(-c3ccccc3)o2)C1.Cc1cccc(OC2CCN(c3nc(-c4ccccn4)nc4c3CCC4)CC2)n1. The first-order valence-electron chi connectivity index (χ1n) is 20.0. The molecule has 0 N–H and O–H groups in total. The van der Waals surface area contributed by atoms with Crippen molar-refractivity contribution in [3.8, 4) is 28.9 Å². The number of benzene rings is 2. The summed E-state index contributed by atoms with van der Waals surface area (Å²) in [4.78, 5) is 25.8. The van der Waals surface area contributed by atoms with Gasteiger partial charge in [0, 0.05) is 86.0 Å². The van der Waals surface area contributed by atoms with E-state index in [2.05, 4.69) is 73.1 Å². The Kier molecular flexibility index (Phi) is 11.6. The minimum absolute atomic E-state index is 0.200. The molecule has 288 valence electrons. The summed E-state index contributed by atoms with van der Waals surface area (Å²) in [6.07, 6.45) is 8.45. The minimum atomic E-state index is 0.200. The summed E-state index contributed by atoms with van der Waals surface area (Å²) in [5, 5.41) is 8.40. The number of piperidine rings is 1. The molecule has 9 rings (SSSR count). The molecule has 4 aromatic heterocycles. The van der Waals surface area contributed by atoms with E-state index in [4.69, 9.17) is 19.1 Å². The average molecular weight is 750 g/mol. The molecule has 11 heteroatoms. The van der Waals surface area contributed by atoms with Gasteiger partial charge in [-0.1, -0.05) is 55.5 Å². The Bertz CT molecular complexity index is 2190. The van der Waals surface area contributed by atoms with Gasteiger partial charge in [0.25, 0.3) is 0 Å². The van der Waals surface area contributed by atoms with Gasteiger partial charge < -0.3 is 19.0 Å². The van der Waals surface area contributed by atoms with Crippen LogP contribution in [0.2, 0.25) is 0 Å². The Labute approximate surface area is 329 Å². The Hall–Kier alpha value is -5.68. The van der Waals surface area contributed by atoms with Crippen molar-refractivity contribution < 1.29 is 9.15 Å². The van der Waals surface area contributed by atoms with Crippen LogP contribution in [0.15, 0.2) is 102 Å². The van der Waals surface area contributed by atoms with Gasteiger partial charge in [-0.15, -0.1) is 10.2 Å². The molecule has 0 radical (unpaired) electrons. The first-order valence-corrected chi connectivity index (χ1v) is 20.0. The van der Waals surface area contributed by atoms with Crippen molar-refractivity contribution in [1.82, 2.24) is 35.0 Å². The number of hydrogen-bond acceptors (Lipinski definition) is 11. The normalized spacial score (nSPS) is 16.8. The van der Waals surface area contributed by atoms with Crippen molar-refractivity contribution in [2.45, 2.75) is 71.6 Å². The van der Waals surface area contributed by atoms with Crippen molar-refractivity contribution in [3.05, 3.63) is 126 Å². The van der Waals surface area contributed by atoms with E-state index in [-0.39, 0.29) is 6.10 Å². The van der Waals surface area contributed by atoms with Crippen LogP contribution in [-0.2, 0) is 25.9 Å². The molecule has 1 aliphatic carbocycles. The molecule has 1 atom stereocenters. The van der Waals surface area contributed by atoms with Crippen molar-refractivity contribution in [2.24, 2.45) is 5.92 Å². The fraction of sp³-hybridized carbons (Fsp3) is 0.378. The summed E-state index contributed by atoms with van der Waals surface area (Å²) in [5.41, 5.74) is 7.99. The number of aromatic nitrogens is 6. The van der Waals surface area contributed by atoms with Gasteiger partial charge in [-0.2, -0.15) is 0 Å². The molecular formula is C45H51N9O2. The Morgan fingerprint density at radius 3 is 2.38 bits per heavy atom. The topological polar surface area (TPSA) is 109 Å². The van der Waals surface area contributed by atoms with Crippen LogP contribution in [0.4, 0.5) is 11.5 Å². The zero-order valence-corrected chi connectivity index (χ0v) is 32.7. The van der Waals surface area contributed by atoms with Crippen LogP contribution < -0.4 is 14.5 Å². The molecule has 6 heterocycles. The number of para-hydroxylation sites is 1. The van der Waals surface area contributed by atoms with Crippen LogP contribution in [0.1, 0.15) is 61.0 Å². The van der Waals surface area contributed by atoms with Crippen LogP contribution in [0.5, 0.6) is 5.88 Å². The fourth-order valence-electron chi connectivity index (χ4n) is 7.92. The van der Waals surface area contributed by atoms with Crippen LogP contribution in [0, 0.1) is 12.8 Å². The van der Waals surface area contributed by atoms with Gasteiger partial charge >= 0.3 is 0 Å². The quantitative estimate of drug-likeness (QED) is 0.136. The lowest BCUT2D eigenvalue weighted by Crippen LogP contribution is -2.39. The average Bonchev–Trinajstić information content (AvgIpc) is 4.01. The van der Waals surface area contributed by atoms with Crippen molar-refractivity contribution >= 4 is 11.5 Å². The van der Waals surface area contributed by atoms with E-state index < -0.39 is 0 Å². The Morgan fingerprint density at radius 1 is 0.786 bits per heavy atom. The molecular weight excluding hydrogens is 699 g/mol. The minimum Gasteiger partial charge on any atom is -0.474 e. The summed E-state index contributed by atoms with van der Waals surface area (Å²) >= 11 is 0. The lowest BCUT2D eigenvalue weighted by molar-refractivity contribution is 0.163. The molecule has 56 heavy (non-hydrogen) atoms. The highest BCUT2D eigenvalue weighted by Crippen LogP contribution is 2.33. The fourth-order valence-corrected chi connectivity index (χ4v) is 7.92. The molecule has 2 aromatic carbocycles. The smallest absolute Gasteiger partial charge is 0.247 e. The second kappa shape index (κ2) is 17.4. The van der Waals surface area contributed by atoms with Crippen molar-refractivity contribution in [3.63, 3.8) is 0 Å². The maximum Gasteiger partial charge on any atom is 0.247 e. The van der Waals surface area contributed by atoms with Gasteiger partial charge in [0.2, 0.25) is 17.7 Å². The van der Waals surface area contributed by atoms with E-state index >= 15 is 0 Å². The number of nitrogens with zero attached hydrogens (tertiary/aromatic N) is 9. The standard InChI is InChI=1S/C23H25N5O.C22H26N4O/c1-16-6-4-10-21(25-16)29-17-11-14-28(15-12-17)23-18-7-5-9-19(18)26-22(27-23)20-8-2-3-13-24-20;1-17-12-13-26(14-17)20-11-7-6-10-19(20)15-25(2)16-21-23-24-22(27-21)18-8-4-3-5-9-18/h2-4,6,8,10,13,17H,5,7,9,11-12,14-15H2,1H3;3-11,17H,12-16H2,1-2H3. The number of aryl methyl sites for hydroxylation is 2. The van der Waals surface area contributed by atoms with Gasteiger partial charge in [0.05, 0.1) is 6.54 Å². The van der Waals surface area contributed by atoms with Gasteiger partial charge in [-0.25, -0.2) is 15.0 Å². The third kappa shape index (κ3) is 9.05. The lowest BCUT2D eigenvalue weighted by atomic mass is 10.1. The monoisotopic (exact) mass is 749 g/mol. The van der Waals surface area contributed by atoms with Crippen molar-refractivity contribution in [1.29, 1.82) is 0 Å². The lowest BCUT2D eigenvalue weighted by Gasteiger charge is -2.33. The van der Waals surface area contributed by atoms with Gasteiger partial charge in [0.15, 0.2) is 5.82 Å². The first-order chi connectivity index (χ1) is 27.4. The van der Waals surface area contributed by atoms with E-state index in [0.717, 1.165) is 105 Å². The summed E-state index contributed by atoms with van der Waals surface area (Å²) in [6.45, 7) is 9.95. The molecule has 0 spiro atoms. The number of anilines is 2. The Morgan fingerprint density at radius 2 is 1.59 bits per heavy atom. The zero-order valence-electron chi connectivity index (χ0n) is 32.7. The number of ether oxygens (including phenoxy) is 1. The number of hydrogen-bond donors (Lipinski definition) is 0. The summed E-state index contributed by atoms with van der Waals surface area (Å²) in [6, 6.07) is 30.4. The van der Waals surface area contributed by atoms with Crippen molar-refractivity contribution in [2.75, 3.05) is 43.0 Å². The Balaban J connectivity index is 0.000000158. The third-order valence-electron chi connectivity index (χ3n) is 10.8. The molecule has 2 saturated heterocycles. The molecule has 0 bridgehead atoms. The number of fused-ring (bicyclic) bond motifs is 1. The van der Waals surface area contributed by atoms with Crippen LogP contribution in [0.25, 0.3) is 23.0 Å². The molecule has 3 aliphatic rings. The summed E-state index contributed by atoms with van der Waals surface area (Å²) < 4.78 is 12.0. The van der Waals surface area contributed by atoms with E-state index in [1.54, 1.807) is 6.20 Å². The molecule has 2 aliphatic heterocycles. The van der Waals surface area contributed by atoms with Crippen LogP contribution in [0.3, 0.4) is 0 Å². The number of rotatable bonds is 10. The van der Waals surface area contributed by atoms with Gasteiger partial charge in [-0.05, 0) is 87.5 Å². The van der Waals surface area contributed by atoms with E-state index in [0.29, 0.717) is 18.3 Å². The third-order valence-corrected chi connectivity index (χ3v) is 10.8. The largest absolute Gasteiger partial charge is 0.474 e. The molecule has 2 fully saturated rings. The highest BCUT2D eigenvalue weighted by molar-refractivity contribution is 5.59. The highest BCUT2D eigenvalue weighted by Gasteiger charge is 2.28. The maximum atomic E-state index is 6.13. The van der Waals surface area contributed by atoms with Gasteiger partial charge in [0.1, 0.15) is 17.6 Å². The highest BCUT2D eigenvalue weighted by atomic mass is 16.5. The molecule has 6 aromatic rings.